The van der Waals surface area contributed by atoms with Crippen LogP contribution in [0.1, 0.15) is 24.2 Å². The van der Waals surface area contributed by atoms with Gasteiger partial charge in [-0.05, 0) is 18.6 Å². The molecule has 25 heavy (non-hydrogen) atoms. The quantitative estimate of drug-likeness (QED) is 0.828. The number of nitrogens with one attached hydrogen (secondary N) is 1. The van der Waals surface area contributed by atoms with Gasteiger partial charge in [0.2, 0.25) is 5.91 Å². The maximum atomic E-state index is 12.1. The molecule has 0 saturated carbocycles. The molecule has 134 valence electrons. The third kappa shape index (κ3) is 4.76. The Balaban J connectivity index is 1.92. The van der Waals surface area contributed by atoms with Crippen LogP contribution >= 0.6 is 23.4 Å². The van der Waals surface area contributed by atoms with Crippen LogP contribution in [-0.2, 0) is 24.6 Å². The van der Waals surface area contributed by atoms with Gasteiger partial charge in [-0.25, -0.2) is 4.79 Å². The number of hydrogen-bond donors (Lipinski definition) is 1. The van der Waals surface area contributed by atoms with E-state index in [-0.39, 0.29) is 29.0 Å². The van der Waals surface area contributed by atoms with Crippen molar-refractivity contribution in [3.8, 4) is 0 Å². The Bertz CT molecular complexity index is 891. The average Bonchev–Trinajstić information content (AvgIpc) is 2.57. The van der Waals surface area contributed by atoms with Gasteiger partial charge in [-0.1, -0.05) is 29.8 Å². The molecule has 0 aliphatic carbocycles. The van der Waals surface area contributed by atoms with E-state index in [1.807, 2.05) is 25.1 Å². The second kappa shape index (κ2) is 8.40. The lowest BCUT2D eigenvalue weighted by atomic mass is 10.1. The molecule has 6 nitrogen and oxygen atoms in total. The first kappa shape index (κ1) is 19.3. The van der Waals surface area contributed by atoms with Crippen molar-refractivity contribution < 1.29 is 4.79 Å². The summed E-state index contributed by atoms with van der Waals surface area (Å²) in [5, 5.41) is 3.50. The molecule has 1 aromatic heterocycles. The number of nitrogens with zero attached hydrogens (tertiary/aromatic N) is 2. The molecule has 0 bridgehead atoms. The summed E-state index contributed by atoms with van der Waals surface area (Å²) in [5.74, 6) is 0.486. The monoisotopic (exact) mass is 381 g/mol. The van der Waals surface area contributed by atoms with Gasteiger partial charge in [0, 0.05) is 36.6 Å². The second-order valence-electron chi connectivity index (χ2n) is 5.68. The van der Waals surface area contributed by atoms with Crippen LogP contribution in [0.3, 0.4) is 0 Å². The Morgan fingerprint density at radius 1 is 1.24 bits per heavy atom. The van der Waals surface area contributed by atoms with E-state index in [2.05, 4.69) is 5.32 Å². The number of thioether (sulfide) groups is 1. The zero-order chi connectivity index (χ0) is 18.6. The van der Waals surface area contributed by atoms with Crippen LogP contribution in [0.2, 0.25) is 5.02 Å². The van der Waals surface area contributed by atoms with Gasteiger partial charge in [0.15, 0.2) is 0 Å². The third-order valence-electron chi connectivity index (χ3n) is 3.86. The summed E-state index contributed by atoms with van der Waals surface area (Å²) in [6.07, 6.45) is 0. The molecule has 1 unspecified atom stereocenters. The minimum atomic E-state index is -0.375. The summed E-state index contributed by atoms with van der Waals surface area (Å²) in [5.41, 5.74) is 0.719. The van der Waals surface area contributed by atoms with E-state index in [4.69, 9.17) is 11.6 Å². The van der Waals surface area contributed by atoms with Crippen LogP contribution in [0.4, 0.5) is 0 Å². The number of hydrogen-bond acceptors (Lipinski definition) is 4. The van der Waals surface area contributed by atoms with Crippen molar-refractivity contribution in [3.63, 3.8) is 0 Å². The lowest BCUT2D eigenvalue weighted by Gasteiger charge is -2.15. The molecule has 1 aromatic carbocycles. The van der Waals surface area contributed by atoms with Gasteiger partial charge in [-0.2, -0.15) is 0 Å². The predicted molar refractivity (Wildman–Crippen MR) is 101 cm³/mol. The highest BCUT2D eigenvalue weighted by atomic mass is 35.5. The van der Waals surface area contributed by atoms with Crippen molar-refractivity contribution >= 4 is 29.3 Å². The zero-order valence-electron chi connectivity index (χ0n) is 14.3. The highest BCUT2D eigenvalue weighted by Crippen LogP contribution is 2.22. The van der Waals surface area contributed by atoms with E-state index in [9.17, 15) is 14.4 Å². The molecule has 2 rings (SSSR count). The fraction of sp³-hybridized carbons (Fsp3) is 0.353. The first-order valence-corrected chi connectivity index (χ1v) is 9.22. The molecular formula is C17H20ClN3O3S. The van der Waals surface area contributed by atoms with Crippen LogP contribution in [0.15, 0.2) is 39.9 Å². The largest absolute Gasteiger partial charge is 0.349 e. The lowest BCUT2D eigenvalue weighted by Crippen LogP contribution is -2.37. The topological polar surface area (TPSA) is 73.1 Å². The van der Waals surface area contributed by atoms with E-state index < -0.39 is 0 Å². The highest BCUT2D eigenvalue weighted by molar-refractivity contribution is 7.99. The number of rotatable bonds is 6. The molecule has 0 radical (unpaired) electrons. The fourth-order valence-electron chi connectivity index (χ4n) is 2.35. The van der Waals surface area contributed by atoms with Gasteiger partial charge in [0.25, 0.3) is 5.56 Å². The molecule has 8 heteroatoms. The first-order valence-electron chi connectivity index (χ1n) is 7.68. The van der Waals surface area contributed by atoms with Gasteiger partial charge in [-0.3, -0.25) is 18.7 Å². The molecule has 1 amide bonds. The Labute approximate surface area is 154 Å². The Kier molecular flexibility index (Phi) is 6.50. The smallest absolute Gasteiger partial charge is 0.330 e. The van der Waals surface area contributed by atoms with Crippen molar-refractivity contribution in [2.24, 2.45) is 14.1 Å². The molecule has 0 saturated heterocycles. The number of carbonyl (C=O) groups excluding carboxylic acids is 1. The minimum Gasteiger partial charge on any atom is -0.349 e. The maximum absolute atomic E-state index is 12.1. The standard InChI is InChI=1S/C17H20ClN3O3S/c1-11(13-6-4-5-7-14(13)18)19-15(22)10-25-9-12-8-16(23)21(3)17(24)20(12)2/h4-8,11H,9-10H2,1-3H3,(H,19,22). The number of halogens is 1. The Morgan fingerprint density at radius 3 is 2.60 bits per heavy atom. The van der Waals surface area contributed by atoms with Crippen LogP contribution in [-0.4, -0.2) is 20.8 Å². The van der Waals surface area contributed by atoms with Gasteiger partial charge in [-0.15, -0.1) is 11.8 Å². The van der Waals surface area contributed by atoms with E-state index in [0.717, 1.165) is 10.1 Å². The van der Waals surface area contributed by atoms with E-state index in [1.165, 1.54) is 29.4 Å². The molecule has 0 fully saturated rings. The molecular weight excluding hydrogens is 362 g/mol. The lowest BCUT2D eigenvalue weighted by molar-refractivity contribution is -0.119. The van der Waals surface area contributed by atoms with Gasteiger partial charge in [0.05, 0.1) is 11.8 Å². The van der Waals surface area contributed by atoms with Crippen molar-refractivity contribution in [3.05, 3.63) is 67.4 Å². The van der Waals surface area contributed by atoms with Crippen LogP contribution < -0.4 is 16.6 Å². The minimum absolute atomic E-state index is 0.133. The maximum Gasteiger partial charge on any atom is 0.330 e. The highest BCUT2D eigenvalue weighted by Gasteiger charge is 2.13. The number of aromatic nitrogens is 2. The summed E-state index contributed by atoms with van der Waals surface area (Å²) in [6.45, 7) is 1.87. The molecule has 1 heterocycles. The molecule has 1 N–H and O–H groups in total. The van der Waals surface area contributed by atoms with E-state index >= 15 is 0 Å². The number of amides is 1. The summed E-state index contributed by atoms with van der Waals surface area (Å²) in [6, 6.07) is 8.58. The van der Waals surface area contributed by atoms with Gasteiger partial charge in [0.1, 0.15) is 0 Å². The van der Waals surface area contributed by atoms with Crippen LogP contribution in [0, 0.1) is 0 Å². The molecule has 0 aliphatic heterocycles. The summed E-state index contributed by atoms with van der Waals surface area (Å²) >= 11 is 7.47. The zero-order valence-corrected chi connectivity index (χ0v) is 15.9. The van der Waals surface area contributed by atoms with Gasteiger partial charge >= 0.3 is 5.69 Å². The Morgan fingerprint density at radius 2 is 1.92 bits per heavy atom. The average molecular weight is 382 g/mol. The van der Waals surface area contributed by atoms with Crippen molar-refractivity contribution in [2.75, 3.05) is 5.75 Å². The summed E-state index contributed by atoms with van der Waals surface area (Å²) in [4.78, 5) is 35.7. The SMILES string of the molecule is CC(NC(=O)CSCc1cc(=O)n(C)c(=O)n1C)c1ccccc1Cl. The van der Waals surface area contributed by atoms with Crippen LogP contribution in [0.5, 0.6) is 0 Å². The fourth-order valence-corrected chi connectivity index (χ4v) is 3.51. The summed E-state index contributed by atoms with van der Waals surface area (Å²) < 4.78 is 2.46. The molecule has 1 atom stereocenters. The summed E-state index contributed by atoms with van der Waals surface area (Å²) in [7, 11) is 3.04. The van der Waals surface area contributed by atoms with Crippen molar-refractivity contribution in [1.82, 2.24) is 14.5 Å². The van der Waals surface area contributed by atoms with E-state index in [1.54, 1.807) is 13.1 Å². The third-order valence-corrected chi connectivity index (χ3v) is 5.17. The predicted octanol–water partition coefficient (Wildman–Crippen LogP) is 1.85. The number of carbonyl (C=O) groups is 1. The molecule has 2 aromatic rings. The first-order chi connectivity index (χ1) is 11.8. The van der Waals surface area contributed by atoms with Crippen LogP contribution in [0.25, 0.3) is 0 Å². The number of benzene rings is 1. The van der Waals surface area contributed by atoms with Gasteiger partial charge < -0.3 is 5.32 Å². The van der Waals surface area contributed by atoms with Crippen molar-refractivity contribution in [2.45, 2.75) is 18.7 Å². The molecule has 0 spiro atoms. The van der Waals surface area contributed by atoms with Crippen molar-refractivity contribution in [1.29, 1.82) is 0 Å². The molecule has 0 aliphatic rings. The second-order valence-corrected chi connectivity index (χ2v) is 7.07. The Hall–Kier alpha value is -1.99. The van der Waals surface area contributed by atoms with E-state index in [0.29, 0.717) is 16.5 Å². The normalized spacial score (nSPS) is 12.0.